The summed E-state index contributed by atoms with van der Waals surface area (Å²) in [4.78, 5) is 12.8. The molecule has 1 unspecified atom stereocenters. The predicted molar refractivity (Wildman–Crippen MR) is 146 cm³/mol. The molecular formula is C30H40O5S. The van der Waals surface area contributed by atoms with E-state index in [0.29, 0.717) is 25.7 Å². The minimum absolute atomic E-state index is 0.0876. The molecule has 0 spiro atoms. The van der Waals surface area contributed by atoms with Gasteiger partial charge in [-0.05, 0) is 74.4 Å². The lowest BCUT2D eigenvalue weighted by molar-refractivity contribution is -0.147. The Morgan fingerprint density at radius 3 is 2.61 bits per heavy atom. The molecular weight excluding hydrogens is 472 g/mol. The van der Waals surface area contributed by atoms with Crippen molar-refractivity contribution in [1.82, 2.24) is 0 Å². The molecule has 0 bridgehead atoms. The van der Waals surface area contributed by atoms with E-state index in [4.69, 9.17) is 4.74 Å². The highest BCUT2D eigenvalue weighted by Crippen LogP contribution is 2.36. The van der Waals surface area contributed by atoms with Crippen molar-refractivity contribution >= 4 is 17.3 Å². The zero-order valence-corrected chi connectivity index (χ0v) is 22.1. The molecule has 1 aliphatic carbocycles. The summed E-state index contributed by atoms with van der Waals surface area (Å²) in [6.45, 7) is 3.68. The fraction of sp³-hybridized carbons (Fsp3) is 0.500. The van der Waals surface area contributed by atoms with Gasteiger partial charge in [0.1, 0.15) is 0 Å². The third-order valence-corrected chi connectivity index (χ3v) is 7.57. The monoisotopic (exact) mass is 512 g/mol. The molecule has 1 fully saturated rings. The first kappa shape index (κ1) is 28.3. The van der Waals surface area contributed by atoms with Crippen LogP contribution in [0.3, 0.4) is 0 Å². The Balaban J connectivity index is 1.43. The average Bonchev–Trinajstić information content (AvgIpc) is 3.46. The number of carbonyl (C=O) groups is 1. The van der Waals surface area contributed by atoms with Crippen molar-refractivity contribution in [2.45, 2.75) is 83.2 Å². The summed E-state index contributed by atoms with van der Waals surface area (Å²) in [5.74, 6) is -0.451. The second-order valence-electron chi connectivity index (χ2n) is 9.91. The second kappa shape index (κ2) is 14.5. The minimum atomic E-state index is -0.613. The van der Waals surface area contributed by atoms with Crippen LogP contribution in [0, 0.1) is 11.8 Å². The van der Waals surface area contributed by atoms with Gasteiger partial charge in [0.15, 0.2) is 0 Å². The van der Waals surface area contributed by atoms with Crippen molar-refractivity contribution in [3.05, 3.63) is 71.6 Å². The van der Waals surface area contributed by atoms with Gasteiger partial charge in [0.2, 0.25) is 0 Å². The third-order valence-electron chi connectivity index (χ3n) is 6.65. The number of hydrogen-bond acceptors (Lipinski definition) is 6. The molecule has 3 N–H and O–H groups in total. The Bertz CT molecular complexity index is 964. The third kappa shape index (κ3) is 9.00. The predicted octanol–water partition coefficient (Wildman–Crippen LogP) is 5.69. The maximum atomic E-state index is 11.6. The summed E-state index contributed by atoms with van der Waals surface area (Å²) >= 11 is 1.72. The number of thiophene rings is 1. The largest absolute Gasteiger partial charge is 0.463 e. The van der Waals surface area contributed by atoms with Crippen LogP contribution in [0.15, 0.2) is 66.1 Å². The van der Waals surface area contributed by atoms with E-state index in [1.54, 1.807) is 17.4 Å². The van der Waals surface area contributed by atoms with Crippen LogP contribution in [0.25, 0.3) is 10.4 Å². The number of allylic oxidation sites excluding steroid dienone is 2. The van der Waals surface area contributed by atoms with Crippen molar-refractivity contribution in [3.63, 3.8) is 0 Å². The smallest absolute Gasteiger partial charge is 0.306 e. The normalized spacial score (nSPS) is 23.2. The van der Waals surface area contributed by atoms with Crippen LogP contribution in [0.5, 0.6) is 0 Å². The summed E-state index contributed by atoms with van der Waals surface area (Å²) < 4.78 is 5.13. The van der Waals surface area contributed by atoms with E-state index in [-0.39, 0.29) is 23.9 Å². The first-order valence-corrected chi connectivity index (χ1v) is 13.9. The molecule has 0 amide bonds. The zero-order chi connectivity index (χ0) is 25.9. The van der Waals surface area contributed by atoms with Gasteiger partial charge in [-0.1, -0.05) is 54.6 Å². The molecule has 196 valence electrons. The van der Waals surface area contributed by atoms with Crippen LogP contribution in [0.2, 0.25) is 0 Å². The molecule has 5 nitrogen and oxygen atoms in total. The molecule has 3 rings (SSSR count). The summed E-state index contributed by atoms with van der Waals surface area (Å²) in [6, 6.07) is 12.6. The molecule has 6 heteroatoms. The number of rotatable bonds is 13. The van der Waals surface area contributed by atoms with E-state index in [9.17, 15) is 20.1 Å². The topological polar surface area (TPSA) is 87.0 Å². The summed E-state index contributed by atoms with van der Waals surface area (Å²) in [5.41, 5.74) is 2.39. The number of benzene rings is 1. The van der Waals surface area contributed by atoms with Crippen molar-refractivity contribution < 1.29 is 24.9 Å². The van der Waals surface area contributed by atoms with E-state index in [0.717, 1.165) is 19.3 Å². The van der Waals surface area contributed by atoms with Gasteiger partial charge in [-0.2, -0.15) is 0 Å². The van der Waals surface area contributed by atoms with Crippen LogP contribution < -0.4 is 0 Å². The highest BCUT2D eigenvalue weighted by molar-refractivity contribution is 7.13. The van der Waals surface area contributed by atoms with Crippen LogP contribution in [0.1, 0.15) is 57.9 Å². The van der Waals surface area contributed by atoms with Gasteiger partial charge in [0.05, 0.1) is 24.4 Å². The number of aliphatic hydroxyl groups excluding tert-OH is 3. The maximum absolute atomic E-state index is 11.6. The standard InChI is InChI=1S/C30H40O5S/c1-21(2)35-30(34)10-6-4-3-5-8-25-26(28(33)20-27(25)32)18-17-24(31)16-13-22-11-14-23(15-12-22)29-9-7-19-36-29/h3,5,7,9,11-12,14-15,17-19,21,24-28,31-33H,4,6,8,10,13,16,20H2,1-2H3/b5-3-,18-17+/t24?,25-,26-,27+,28-/m1/s1. The van der Waals surface area contributed by atoms with Crippen LogP contribution >= 0.6 is 11.3 Å². The quantitative estimate of drug-likeness (QED) is 0.182. The Morgan fingerprint density at radius 2 is 1.92 bits per heavy atom. The second-order valence-corrected chi connectivity index (χ2v) is 10.9. The minimum Gasteiger partial charge on any atom is -0.463 e. The van der Waals surface area contributed by atoms with E-state index in [2.05, 4.69) is 35.7 Å². The molecule has 0 saturated heterocycles. The maximum Gasteiger partial charge on any atom is 0.306 e. The highest BCUT2D eigenvalue weighted by atomic mass is 32.1. The van der Waals surface area contributed by atoms with Gasteiger partial charge in [-0.15, -0.1) is 11.3 Å². The van der Waals surface area contributed by atoms with Gasteiger partial charge in [0, 0.05) is 23.6 Å². The number of aryl methyl sites for hydroxylation is 1. The lowest BCUT2D eigenvalue weighted by Crippen LogP contribution is -2.20. The first-order chi connectivity index (χ1) is 17.3. The Kier molecular flexibility index (Phi) is 11.4. The Morgan fingerprint density at radius 1 is 1.14 bits per heavy atom. The van der Waals surface area contributed by atoms with Crippen LogP contribution in [-0.2, 0) is 16.0 Å². The van der Waals surface area contributed by atoms with Crippen molar-refractivity contribution in [3.8, 4) is 10.4 Å². The summed E-state index contributed by atoms with van der Waals surface area (Å²) in [7, 11) is 0. The number of carbonyl (C=O) groups excluding carboxylic acids is 1. The average molecular weight is 513 g/mol. The van der Waals surface area contributed by atoms with Crippen molar-refractivity contribution in [1.29, 1.82) is 0 Å². The van der Waals surface area contributed by atoms with Crippen molar-refractivity contribution in [2.75, 3.05) is 0 Å². The molecule has 1 aliphatic rings. The molecule has 1 aromatic carbocycles. The number of unbranched alkanes of at least 4 members (excludes halogenated alkanes) is 1. The molecule has 5 atom stereocenters. The zero-order valence-electron chi connectivity index (χ0n) is 21.3. The molecule has 1 heterocycles. The molecule has 1 saturated carbocycles. The van der Waals surface area contributed by atoms with Gasteiger partial charge in [-0.3, -0.25) is 4.79 Å². The molecule has 0 radical (unpaired) electrons. The lowest BCUT2D eigenvalue weighted by Gasteiger charge is -2.19. The number of hydrogen-bond donors (Lipinski definition) is 3. The van der Waals surface area contributed by atoms with Crippen molar-refractivity contribution in [2.24, 2.45) is 11.8 Å². The van der Waals surface area contributed by atoms with E-state index in [1.807, 2.05) is 38.1 Å². The Hall–Kier alpha value is -2.25. The molecule has 0 aliphatic heterocycles. The fourth-order valence-corrected chi connectivity index (χ4v) is 5.44. The van der Waals surface area contributed by atoms with Gasteiger partial charge in [-0.25, -0.2) is 0 Å². The Labute approximate surface area is 219 Å². The lowest BCUT2D eigenvalue weighted by atomic mass is 9.89. The van der Waals surface area contributed by atoms with E-state index in [1.165, 1.54) is 16.0 Å². The first-order valence-electron chi connectivity index (χ1n) is 13.0. The highest BCUT2D eigenvalue weighted by Gasteiger charge is 2.39. The van der Waals surface area contributed by atoms with Gasteiger partial charge >= 0.3 is 5.97 Å². The number of esters is 1. The molecule has 2 aromatic rings. The summed E-state index contributed by atoms with van der Waals surface area (Å²) in [5, 5.41) is 33.5. The SMILES string of the molecule is CC(C)OC(=O)CCC/C=C\C[C@@H]1[C@@H](/C=C/C(O)CCc2ccc(-c3cccs3)cc2)[C@H](O)C[C@@H]1O. The number of ether oxygens (including phenoxy) is 1. The van der Waals surface area contributed by atoms with Crippen LogP contribution in [0.4, 0.5) is 0 Å². The summed E-state index contributed by atoms with van der Waals surface area (Å²) in [6.07, 6.45) is 10.1. The van der Waals surface area contributed by atoms with Crippen LogP contribution in [-0.4, -0.2) is 45.7 Å². The molecule has 1 aromatic heterocycles. The van der Waals surface area contributed by atoms with Gasteiger partial charge < -0.3 is 20.1 Å². The number of aliphatic hydroxyl groups is 3. The molecule has 36 heavy (non-hydrogen) atoms. The fourth-order valence-electron chi connectivity index (χ4n) is 4.71. The van der Waals surface area contributed by atoms with E-state index < -0.39 is 18.3 Å². The van der Waals surface area contributed by atoms with E-state index >= 15 is 0 Å². The van der Waals surface area contributed by atoms with Gasteiger partial charge in [0.25, 0.3) is 0 Å².